The molecule has 2 aromatic heterocycles. The summed E-state index contributed by atoms with van der Waals surface area (Å²) in [5, 5.41) is 3.05. The number of nitrogens with one attached hydrogen (secondary N) is 1. The molecule has 0 radical (unpaired) electrons. The summed E-state index contributed by atoms with van der Waals surface area (Å²) in [6.45, 7) is 0. The summed E-state index contributed by atoms with van der Waals surface area (Å²) in [5.74, 6) is -1.90. The summed E-state index contributed by atoms with van der Waals surface area (Å²) in [5.41, 5.74) is 2.51. The first-order valence-corrected chi connectivity index (χ1v) is 12.5. The first-order chi connectivity index (χ1) is 18.6. The second-order valence-electron chi connectivity index (χ2n) is 9.77. The zero-order valence-corrected chi connectivity index (χ0v) is 20.2. The molecule has 184 valence electrons. The second kappa shape index (κ2) is 8.31. The summed E-state index contributed by atoms with van der Waals surface area (Å²) in [6.07, 6.45) is 8.46. The molecule has 0 bridgehead atoms. The normalized spacial score (nSPS) is 24.5. The highest BCUT2D eigenvalue weighted by atomic mass is 16.2. The van der Waals surface area contributed by atoms with Crippen molar-refractivity contribution in [3.63, 3.8) is 0 Å². The smallest absolute Gasteiger partial charge is 0.238 e. The number of rotatable bonds is 4. The highest BCUT2D eigenvalue weighted by Crippen LogP contribution is 2.62. The van der Waals surface area contributed by atoms with Crippen molar-refractivity contribution in [3.05, 3.63) is 132 Å². The van der Waals surface area contributed by atoms with Crippen LogP contribution < -0.4 is 5.32 Å². The van der Waals surface area contributed by atoms with Crippen molar-refractivity contribution in [1.29, 1.82) is 0 Å². The molecule has 0 saturated carbocycles. The van der Waals surface area contributed by atoms with Crippen LogP contribution in [0.2, 0.25) is 0 Å². The fourth-order valence-corrected chi connectivity index (χ4v) is 6.52. The van der Waals surface area contributed by atoms with Gasteiger partial charge in [-0.25, -0.2) is 0 Å². The van der Waals surface area contributed by atoms with E-state index in [1.54, 1.807) is 48.9 Å². The molecule has 0 aliphatic carbocycles. The molecule has 1 N–H and O–H groups in total. The monoisotopic (exact) mass is 498 g/mol. The van der Waals surface area contributed by atoms with Gasteiger partial charge in [0.1, 0.15) is 17.2 Å². The average Bonchev–Trinajstić information content (AvgIpc) is 3.45. The van der Waals surface area contributed by atoms with Gasteiger partial charge in [-0.1, -0.05) is 48.5 Å². The van der Waals surface area contributed by atoms with Gasteiger partial charge in [0, 0.05) is 36.0 Å². The van der Waals surface area contributed by atoms with Gasteiger partial charge in [0.05, 0.1) is 12.0 Å². The minimum absolute atomic E-state index is 0.250. The van der Waals surface area contributed by atoms with E-state index in [1.807, 2.05) is 65.7 Å². The van der Waals surface area contributed by atoms with Crippen LogP contribution in [0.3, 0.4) is 0 Å². The Morgan fingerprint density at radius 3 is 2.42 bits per heavy atom. The lowest BCUT2D eigenvalue weighted by Gasteiger charge is -2.38. The molecule has 5 heterocycles. The van der Waals surface area contributed by atoms with Gasteiger partial charge in [0.25, 0.3) is 0 Å². The SMILES string of the molecule is O=C(c1ccccn1)C1C(C(=O)c2ccncc2)C2(C(=O)Nc3ccccc32)C2c3ccccc3C=CN12. The maximum Gasteiger partial charge on any atom is 0.238 e. The highest BCUT2D eigenvalue weighted by molar-refractivity contribution is 6.16. The molecule has 1 amide bonds. The first-order valence-electron chi connectivity index (χ1n) is 12.5. The largest absolute Gasteiger partial charge is 0.358 e. The second-order valence-corrected chi connectivity index (χ2v) is 9.77. The van der Waals surface area contributed by atoms with Crippen LogP contribution in [-0.2, 0) is 10.2 Å². The van der Waals surface area contributed by atoms with E-state index in [0.717, 1.165) is 11.1 Å². The molecule has 3 aliphatic heterocycles. The third-order valence-electron chi connectivity index (χ3n) is 8.00. The van der Waals surface area contributed by atoms with E-state index >= 15 is 0 Å². The highest BCUT2D eigenvalue weighted by Gasteiger charge is 2.70. The van der Waals surface area contributed by atoms with Crippen molar-refractivity contribution in [1.82, 2.24) is 14.9 Å². The number of hydrogen-bond donors (Lipinski definition) is 1. The first kappa shape index (κ1) is 22.3. The number of benzene rings is 2. The van der Waals surface area contributed by atoms with Crippen LogP contribution in [0.5, 0.6) is 0 Å². The van der Waals surface area contributed by atoms with Gasteiger partial charge in [-0.05, 0) is 53.1 Å². The van der Waals surface area contributed by atoms with Crippen molar-refractivity contribution in [2.24, 2.45) is 5.92 Å². The molecule has 3 aliphatic rings. The number of carbonyl (C=O) groups is 3. The molecule has 7 rings (SSSR count). The van der Waals surface area contributed by atoms with E-state index in [2.05, 4.69) is 15.3 Å². The van der Waals surface area contributed by atoms with Crippen LogP contribution >= 0.6 is 0 Å². The van der Waals surface area contributed by atoms with Crippen molar-refractivity contribution in [3.8, 4) is 0 Å². The third kappa shape index (κ3) is 2.93. The predicted octanol–water partition coefficient (Wildman–Crippen LogP) is 4.46. The maximum absolute atomic E-state index is 14.5. The van der Waals surface area contributed by atoms with Gasteiger partial charge in [-0.3, -0.25) is 24.4 Å². The maximum atomic E-state index is 14.5. The van der Waals surface area contributed by atoms with Crippen LogP contribution in [0.4, 0.5) is 5.69 Å². The molecule has 2 aromatic carbocycles. The number of nitrogens with zero attached hydrogens (tertiary/aromatic N) is 3. The van der Waals surface area contributed by atoms with E-state index in [9.17, 15) is 14.4 Å². The van der Waals surface area contributed by atoms with Gasteiger partial charge in [-0.2, -0.15) is 0 Å². The summed E-state index contributed by atoms with van der Waals surface area (Å²) >= 11 is 0. The summed E-state index contributed by atoms with van der Waals surface area (Å²) in [4.78, 5) is 53.4. The zero-order chi connectivity index (χ0) is 25.9. The van der Waals surface area contributed by atoms with E-state index in [-0.39, 0.29) is 23.2 Å². The minimum Gasteiger partial charge on any atom is -0.358 e. The Morgan fingerprint density at radius 2 is 1.61 bits per heavy atom. The molecule has 4 atom stereocenters. The number of amides is 1. The van der Waals surface area contributed by atoms with E-state index in [0.29, 0.717) is 16.8 Å². The number of hydrogen-bond acceptors (Lipinski definition) is 6. The number of Topliss-reactive ketones (excluding diaryl/α,β-unsaturated/α-hetero) is 2. The molecular formula is C31H22N4O3. The molecular weight excluding hydrogens is 476 g/mol. The molecule has 1 fully saturated rings. The standard InChI is InChI=1S/C31H22N4O3/c36-27(20-12-16-32-17-13-20)25-26(28(37)24-11-5-6-15-33-24)35-18-14-19-7-1-2-8-21(19)29(35)31(25)22-9-3-4-10-23(22)34-30(31)38/h1-18,25-26,29H,(H,34,38). The topological polar surface area (TPSA) is 92.3 Å². The van der Waals surface area contributed by atoms with Gasteiger partial charge in [-0.15, -0.1) is 0 Å². The number of aromatic nitrogens is 2. The van der Waals surface area contributed by atoms with Crippen LogP contribution in [0.1, 0.15) is 43.6 Å². The van der Waals surface area contributed by atoms with Crippen molar-refractivity contribution in [2.45, 2.75) is 17.5 Å². The lowest BCUT2D eigenvalue weighted by molar-refractivity contribution is -0.122. The summed E-state index contributed by atoms with van der Waals surface area (Å²) in [7, 11) is 0. The van der Waals surface area contributed by atoms with Crippen molar-refractivity contribution >= 4 is 29.2 Å². The molecule has 7 nitrogen and oxygen atoms in total. The van der Waals surface area contributed by atoms with E-state index in [4.69, 9.17) is 0 Å². The number of fused-ring (bicyclic) bond motifs is 6. The lowest BCUT2D eigenvalue weighted by atomic mass is 9.62. The van der Waals surface area contributed by atoms with Gasteiger partial charge < -0.3 is 10.2 Å². The number of para-hydroxylation sites is 1. The average molecular weight is 499 g/mol. The van der Waals surface area contributed by atoms with Gasteiger partial charge in [0.2, 0.25) is 11.7 Å². The zero-order valence-electron chi connectivity index (χ0n) is 20.2. The summed E-state index contributed by atoms with van der Waals surface area (Å²) in [6, 6.07) is 22.2. The molecule has 4 unspecified atom stereocenters. The number of pyridine rings is 2. The molecule has 7 heteroatoms. The fraction of sp³-hybridized carbons (Fsp3) is 0.129. The predicted molar refractivity (Wildman–Crippen MR) is 141 cm³/mol. The van der Waals surface area contributed by atoms with E-state index in [1.165, 1.54) is 0 Å². The molecule has 1 spiro atoms. The third-order valence-corrected chi connectivity index (χ3v) is 8.00. The van der Waals surface area contributed by atoms with Crippen LogP contribution in [0.25, 0.3) is 6.08 Å². The van der Waals surface area contributed by atoms with E-state index < -0.39 is 23.4 Å². The van der Waals surface area contributed by atoms with Crippen molar-refractivity contribution in [2.75, 3.05) is 5.32 Å². The minimum atomic E-state index is -1.35. The number of carbonyl (C=O) groups excluding carboxylic acids is 3. The Kier molecular flexibility index (Phi) is 4.88. The van der Waals surface area contributed by atoms with Crippen LogP contribution in [0.15, 0.2) is 104 Å². The Hall–Kier alpha value is -4.91. The summed E-state index contributed by atoms with van der Waals surface area (Å²) < 4.78 is 0. The van der Waals surface area contributed by atoms with Gasteiger partial charge in [0.15, 0.2) is 5.78 Å². The van der Waals surface area contributed by atoms with Crippen LogP contribution in [-0.4, -0.2) is 38.4 Å². The molecule has 4 aromatic rings. The Bertz CT molecular complexity index is 1640. The number of ketones is 2. The van der Waals surface area contributed by atoms with Crippen LogP contribution in [0, 0.1) is 5.92 Å². The Balaban J connectivity index is 1.55. The van der Waals surface area contributed by atoms with Crippen molar-refractivity contribution < 1.29 is 14.4 Å². The Morgan fingerprint density at radius 1 is 0.842 bits per heavy atom. The molecule has 38 heavy (non-hydrogen) atoms. The molecule has 1 saturated heterocycles. The van der Waals surface area contributed by atoms with Gasteiger partial charge >= 0.3 is 0 Å². The Labute approximate surface area is 218 Å². The lowest BCUT2D eigenvalue weighted by Crippen LogP contribution is -2.49. The fourth-order valence-electron chi connectivity index (χ4n) is 6.52. The number of anilines is 1. The quantitative estimate of drug-likeness (QED) is 0.418.